The largest absolute Gasteiger partial charge is 0.496 e. The molecule has 0 atom stereocenters. The van der Waals surface area contributed by atoms with Gasteiger partial charge in [-0.3, -0.25) is 0 Å². The first kappa shape index (κ1) is 19.1. The molecule has 7 heteroatoms. The van der Waals surface area contributed by atoms with Gasteiger partial charge in [0, 0.05) is 12.7 Å². The highest BCUT2D eigenvalue weighted by Gasteiger charge is 2.17. The van der Waals surface area contributed by atoms with Gasteiger partial charge in [0.15, 0.2) is 0 Å². The van der Waals surface area contributed by atoms with Crippen LogP contribution in [-0.4, -0.2) is 31.9 Å². The van der Waals surface area contributed by atoms with E-state index in [1.54, 1.807) is 30.1 Å². The van der Waals surface area contributed by atoms with Crippen molar-refractivity contribution in [1.29, 1.82) is 0 Å². The van der Waals surface area contributed by atoms with Gasteiger partial charge in [-0.15, -0.1) is 0 Å². The summed E-state index contributed by atoms with van der Waals surface area (Å²) in [4.78, 5) is 0.248. The van der Waals surface area contributed by atoms with Crippen molar-refractivity contribution in [2.24, 2.45) is 0 Å². The molecule has 0 saturated carbocycles. The predicted molar refractivity (Wildman–Crippen MR) is 105 cm³/mol. The molecule has 0 aliphatic heterocycles. The fourth-order valence-electron chi connectivity index (χ4n) is 3.01. The molecule has 0 fully saturated rings. The summed E-state index contributed by atoms with van der Waals surface area (Å²) < 4.78 is 34.9. The van der Waals surface area contributed by atoms with Gasteiger partial charge >= 0.3 is 0 Å². The summed E-state index contributed by atoms with van der Waals surface area (Å²) >= 11 is 0. The van der Waals surface area contributed by atoms with Crippen LogP contribution in [0.3, 0.4) is 0 Å². The molecule has 0 aliphatic rings. The predicted octanol–water partition coefficient (Wildman–Crippen LogP) is 3.02. The first-order valence-corrected chi connectivity index (χ1v) is 10.1. The van der Waals surface area contributed by atoms with Gasteiger partial charge < -0.3 is 4.74 Å². The van der Waals surface area contributed by atoms with E-state index in [1.807, 2.05) is 50.4 Å². The third kappa shape index (κ3) is 4.37. The van der Waals surface area contributed by atoms with Crippen molar-refractivity contribution >= 4 is 10.0 Å². The van der Waals surface area contributed by atoms with E-state index in [0.717, 1.165) is 22.4 Å². The molecule has 6 nitrogen and oxygen atoms in total. The molecule has 3 rings (SSSR count). The normalized spacial score (nSPS) is 11.5. The molecule has 0 unspecified atom stereocenters. The van der Waals surface area contributed by atoms with Gasteiger partial charge in [0.1, 0.15) is 5.75 Å². The Kier molecular flexibility index (Phi) is 5.62. The van der Waals surface area contributed by atoms with E-state index in [1.165, 1.54) is 0 Å². The molecule has 142 valence electrons. The molecule has 0 saturated heterocycles. The Labute approximate surface area is 159 Å². The van der Waals surface area contributed by atoms with Gasteiger partial charge in [-0.05, 0) is 61.2 Å². The highest BCUT2D eigenvalue weighted by molar-refractivity contribution is 7.89. The van der Waals surface area contributed by atoms with Crippen LogP contribution >= 0.6 is 0 Å². The Balaban J connectivity index is 1.66. The molecule has 27 heavy (non-hydrogen) atoms. The topological polar surface area (TPSA) is 73.2 Å². The fraction of sp³-hybridized carbons (Fsp3) is 0.250. The van der Waals surface area contributed by atoms with Crippen molar-refractivity contribution in [2.75, 3.05) is 13.7 Å². The number of methoxy groups -OCH3 is 1. The third-order valence-electron chi connectivity index (χ3n) is 4.31. The lowest BCUT2D eigenvalue weighted by atomic mass is 10.1. The molecule has 0 spiro atoms. The van der Waals surface area contributed by atoms with Crippen LogP contribution in [0.2, 0.25) is 0 Å². The van der Waals surface area contributed by atoms with E-state index in [4.69, 9.17) is 4.74 Å². The van der Waals surface area contributed by atoms with Gasteiger partial charge in [-0.25, -0.2) is 17.8 Å². The summed E-state index contributed by atoms with van der Waals surface area (Å²) in [6.07, 6.45) is 4.22. The van der Waals surface area contributed by atoms with E-state index in [-0.39, 0.29) is 4.90 Å². The van der Waals surface area contributed by atoms with Crippen molar-refractivity contribution in [3.05, 3.63) is 71.5 Å². The number of rotatable bonds is 7. The molecular weight excluding hydrogens is 362 g/mol. The second-order valence-electron chi connectivity index (χ2n) is 6.37. The van der Waals surface area contributed by atoms with E-state index < -0.39 is 10.0 Å². The lowest BCUT2D eigenvalue weighted by molar-refractivity contribution is 0.408. The van der Waals surface area contributed by atoms with E-state index in [2.05, 4.69) is 9.82 Å². The van der Waals surface area contributed by atoms with Crippen LogP contribution in [0.1, 0.15) is 16.7 Å². The zero-order chi connectivity index (χ0) is 19.4. The molecule has 0 amide bonds. The minimum absolute atomic E-state index is 0.248. The number of hydrogen-bond acceptors (Lipinski definition) is 4. The molecule has 0 bridgehead atoms. The Morgan fingerprint density at radius 3 is 2.41 bits per heavy atom. The molecule has 2 aromatic carbocycles. The standard InChI is InChI=1S/C20H23N3O3S/c1-15-11-19(12-16(2)20(15)26-3)27(24,25)22-10-9-17-13-21-23(14-17)18-7-5-4-6-8-18/h4-8,11-14,22H,9-10H2,1-3H3. The van der Waals surface area contributed by atoms with E-state index in [9.17, 15) is 8.42 Å². The smallest absolute Gasteiger partial charge is 0.240 e. The SMILES string of the molecule is COc1c(C)cc(S(=O)(=O)NCCc2cnn(-c3ccccc3)c2)cc1C. The second kappa shape index (κ2) is 7.94. The summed E-state index contributed by atoms with van der Waals surface area (Å²) in [6.45, 7) is 3.97. The maximum atomic E-state index is 12.6. The van der Waals surface area contributed by atoms with Gasteiger partial charge in [0.05, 0.1) is 23.9 Å². The Bertz CT molecular complexity index is 1000. The van der Waals surface area contributed by atoms with Crippen LogP contribution in [-0.2, 0) is 16.4 Å². The summed E-state index contributed by atoms with van der Waals surface area (Å²) in [7, 11) is -2.00. The molecule has 3 aromatic rings. The van der Waals surface area contributed by atoms with Crippen molar-refractivity contribution in [3.8, 4) is 11.4 Å². The lowest BCUT2D eigenvalue weighted by Gasteiger charge is -2.12. The van der Waals surface area contributed by atoms with Crippen molar-refractivity contribution in [1.82, 2.24) is 14.5 Å². The first-order valence-electron chi connectivity index (χ1n) is 8.64. The Hall–Kier alpha value is -2.64. The number of nitrogens with one attached hydrogen (secondary N) is 1. The number of aromatic nitrogens is 2. The highest BCUT2D eigenvalue weighted by atomic mass is 32.2. The Morgan fingerprint density at radius 1 is 1.11 bits per heavy atom. The van der Waals surface area contributed by atoms with Gasteiger partial charge in [0.2, 0.25) is 10.0 Å². The van der Waals surface area contributed by atoms with Crippen LogP contribution in [0.4, 0.5) is 0 Å². The molecule has 1 heterocycles. The summed E-state index contributed by atoms with van der Waals surface area (Å²) in [5.41, 5.74) is 3.51. The highest BCUT2D eigenvalue weighted by Crippen LogP contribution is 2.26. The lowest BCUT2D eigenvalue weighted by Crippen LogP contribution is -2.26. The second-order valence-corrected chi connectivity index (χ2v) is 8.13. The fourth-order valence-corrected chi connectivity index (χ4v) is 4.21. The minimum atomic E-state index is -3.58. The zero-order valence-corrected chi connectivity index (χ0v) is 16.5. The summed E-state index contributed by atoms with van der Waals surface area (Å²) in [5.74, 6) is 0.710. The number of nitrogens with zero attached hydrogens (tertiary/aromatic N) is 2. The Morgan fingerprint density at radius 2 is 1.78 bits per heavy atom. The maximum absolute atomic E-state index is 12.6. The van der Waals surface area contributed by atoms with Gasteiger partial charge in [0.25, 0.3) is 0 Å². The minimum Gasteiger partial charge on any atom is -0.496 e. The van der Waals surface area contributed by atoms with Gasteiger partial charge in [-0.2, -0.15) is 5.10 Å². The summed E-state index contributed by atoms with van der Waals surface area (Å²) in [6, 6.07) is 13.0. The third-order valence-corrected chi connectivity index (χ3v) is 5.75. The first-order chi connectivity index (χ1) is 12.9. The average molecular weight is 385 g/mol. The average Bonchev–Trinajstić information content (AvgIpc) is 3.11. The number of aryl methyl sites for hydroxylation is 2. The van der Waals surface area contributed by atoms with Crippen molar-refractivity contribution < 1.29 is 13.2 Å². The van der Waals surface area contributed by atoms with Crippen LogP contribution in [0.15, 0.2) is 59.8 Å². The van der Waals surface area contributed by atoms with Gasteiger partial charge in [-0.1, -0.05) is 18.2 Å². The van der Waals surface area contributed by atoms with Crippen LogP contribution in [0.25, 0.3) is 5.69 Å². The number of para-hydroxylation sites is 1. The van der Waals surface area contributed by atoms with Crippen LogP contribution < -0.4 is 9.46 Å². The monoisotopic (exact) mass is 385 g/mol. The number of sulfonamides is 1. The van der Waals surface area contributed by atoms with Crippen LogP contribution in [0, 0.1) is 13.8 Å². The molecule has 0 aliphatic carbocycles. The zero-order valence-electron chi connectivity index (χ0n) is 15.6. The van der Waals surface area contributed by atoms with Crippen molar-refractivity contribution in [2.45, 2.75) is 25.2 Å². The maximum Gasteiger partial charge on any atom is 0.240 e. The molecule has 0 radical (unpaired) electrons. The number of hydrogen-bond donors (Lipinski definition) is 1. The molecular formula is C20H23N3O3S. The van der Waals surface area contributed by atoms with E-state index >= 15 is 0 Å². The summed E-state index contributed by atoms with van der Waals surface area (Å²) in [5, 5.41) is 4.33. The number of ether oxygens (including phenoxy) is 1. The molecule has 1 aromatic heterocycles. The van der Waals surface area contributed by atoms with E-state index in [0.29, 0.717) is 18.7 Å². The number of benzene rings is 2. The van der Waals surface area contributed by atoms with Crippen LogP contribution in [0.5, 0.6) is 5.75 Å². The van der Waals surface area contributed by atoms with Crippen molar-refractivity contribution in [3.63, 3.8) is 0 Å². The quantitative estimate of drug-likeness (QED) is 0.678. The molecule has 1 N–H and O–H groups in total.